The Morgan fingerprint density at radius 3 is 2.57 bits per heavy atom. The van der Waals surface area contributed by atoms with Crippen molar-refractivity contribution in [2.45, 2.75) is 51.9 Å². The van der Waals surface area contributed by atoms with Crippen LogP contribution in [-0.2, 0) is 0 Å². The van der Waals surface area contributed by atoms with Crippen LogP contribution < -0.4 is 5.32 Å². The van der Waals surface area contributed by atoms with Gasteiger partial charge in [0.05, 0.1) is 5.02 Å². The SMILES string of the molecule is Cc1onc(-c2ccccc2Cl)c1C(=O)NCC12CC3C[C@H](CC[C@@H](C3)C1)C2. The summed E-state index contributed by atoms with van der Waals surface area (Å²) in [4.78, 5) is 13.2. The molecule has 0 radical (unpaired) electrons. The maximum atomic E-state index is 13.2. The lowest BCUT2D eigenvalue weighted by Crippen LogP contribution is -2.45. The second-order valence-corrected chi connectivity index (χ2v) is 9.79. The molecule has 28 heavy (non-hydrogen) atoms. The Bertz CT molecular complexity index is 890. The second-order valence-electron chi connectivity index (χ2n) is 9.38. The zero-order chi connectivity index (χ0) is 19.3. The van der Waals surface area contributed by atoms with Gasteiger partial charge in [-0.15, -0.1) is 0 Å². The molecule has 2 atom stereocenters. The van der Waals surface area contributed by atoms with Crippen molar-refractivity contribution < 1.29 is 9.32 Å². The summed E-state index contributed by atoms with van der Waals surface area (Å²) in [6.07, 6.45) is 9.43. The van der Waals surface area contributed by atoms with Crippen molar-refractivity contribution in [3.05, 3.63) is 40.6 Å². The van der Waals surface area contributed by atoms with Crippen molar-refractivity contribution in [2.24, 2.45) is 23.2 Å². The number of fused-ring (bicyclic) bond motifs is 1. The summed E-state index contributed by atoms with van der Waals surface area (Å²) in [5, 5.41) is 7.97. The van der Waals surface area contributed by atoms with Crippen LogP contribution in [0.1, 0.15) is 61.1 Å². The lowest BCUT2D eigenvalue weighted by Gasteiger charge is -2.48. The fraction of sp³-hybridized carbons (Fsp3) is 0.565. The van der Waals surface area contributed by atoms with Crippen LogP contribution in [0.4, 0.5) is 0 Å². The lowest BCUT2D eigenvalue weighted by molar-refractivity contribution is 0.0338. The number of nitrogens with zero attached hydrogens (tertiary/aromatic N) is 1. The number of nitrogens with one attached hydrogen (secondary N) is 1. The molecule has 1 amide bonds. The lowest BCUT2D eigenvalue weighted by atomic mass is 9.58. The summed E-state index contributed by atoms with van der Waals surface area (Å²) in [5.41, 5.74) is 2.06. The van der Waals surface area contributed by atoms with E-state index in [1.54, 1.807) is 6.92 Å². The highest BCUT2D eigenvalue weighted by Gasteiger charge is 2.48. The minimum Gasteiger partial charge on any atom is -0.360 e. The average Bonchev–Trinajstić information content (AvgIpc) is 2.92. The summed E-state index contributed by atoms with van der Waals surface area (Å²) >= 11 is 6.34. The van der Waals surface area contributed by atoms with Crippen molar-refractivity contribution in [2.75, 3.05) is 6.54 Å². The van der Waals surface area contributed by atoms with E-state index >= 15 is 0 Å². The topological polar surface area (TPSA) is 55.1 Å². The number of rotatable bonds is 4. The predicted molar refractivity (Wildman–Crippen MR) is 109 cm³/mol. The zero-order valence-electron chi connectivity index (χ0n) is 16.3. The number of benzene rings is 1. The van der Waals surface area contributed by atoms with Gasteiger partial charge in [-0.25, -0.2) is 0 Å². The van der Waals surface area contributed by atoms with Crippen LogP contribution in [-0.4, -0.2) is 17.6 Å². The van der Waals surface area contributed by atoms with E-state index in [4.69, 9.17) is 16.1 Å². The molecule has 2 aromatic rings. The first-order valence-electron chi connectivity index (χ1n) is 10.5. The Hall–Kier alpha value is -1.81. The van der Waals surface area contributed by atoms with Gasteiger partial charge >= 0.3 is 0 Å². The van der Waals surface area contributed by atoms with Gasteiger partial charge in [-0.1, -0.05) is 47.8 Å². The molecule has 1 aromatic carbocycles. The van der Waals surface area contributed by atoms with Gasteiger partial charge < -0.3 is 9.84 Å². The van der Waals surface area contributed by atoms with Gasteiger partial charge in [0.1, 0.15) is 17.0 Å². The van der Waals surface area contributed by atoms with E-state index in [1.165, 1.54) is 44.9 Å². The third-order valence-electron chi connectivity index (χ3n) is 7.32. The largest absolute Gasteiger partial charge is 0.360 e. The van der Waals surface area contributed by atoms with Gasteiger partial charge in [0.15, 0.2) is 0 Å². The number of aryl methyl sites for hydroxylation is 1. The van der Waals surface area contributed by atoms with E-state index in [0.717, 1.165) is 29.9 Å². The van der Waals surface area contributed by atoms with Crippen LogP contribution in [0.2, 0.25) is 5.02 Å². The monoisotopic (exact) mass is 398 g/mol. The molecule has 5 heteroatoms. The highest BCUT2D eigenvalue weighted by atomic mass is 35.5. The highest BCUT2D eigenvalue weighted by Crippen LogP contribution is 2.57. The minimum absolute atomic E-state index is 0.0944. The standard InChI is InChI=1S/C23H27ClN2O2/c1-14-20(21(26-28-14)18-4-2-3-5-19(18)24)22(27)25-13-23-10-15-6-7-16(11-23)9-17(8-15)12-23/h2-5,15-17H,6-13H2,1H3,(H,25,27)/t15-,16-,17?,23?/m0/s1. The number of carbonyl (C=O) groups excluding carboxylic acids is 1. The normalized spacial score (nSPS) is 31.0. The molecule has 4 aliphatic rings. The predicted octanol–water partition coefficient (Wildman–Crippen LogP) is 5.64. The van der Waals surface area contributed by atoms with Crippen LogP contribution in [0.25, 0.3) is 11.3 Å². The van der Waals surface area contributed by atoms with E-state index in [0.29, 0.717) is 22.0 Å². The van der Waals surface area contributed by atoms with Crippen LogP contribution in [0.15, 0.2) is 28.8 Å². The van der Waals surface area contributed by atoms with Crippen molar-refractivity contribution in [1.82, 2.24) is 10.5 Å². The highest BCUT2D eigenvalue weighted by molar-refractivity contribution is 6.33. The third kappa shape index (κ3) is 3.16. The quantitative estimate of drug-likeness (QED) is 0.725. The van der Waals surface area contributed by atoms with Gasteiger partial charge in [0.25, 0.3) is 5.91 Å². The Kier molecular flexibility index (Phi) is 4.50. The first kappa shape index (κ1) is 18.2. The van der Waals surface area contributed by atoms with E-state index in [9.17, 15) is 4.79 Å². The van der Waals surface area contributed by atoms with E-state index in [2.05, 4.69) is 10.5 Å². The van der Waals surface area contributed by atoms with Crippen molar-refractivity contribution in [3.63, 3.8) is 0 Å². The van der Waals surface area contributed by atoms with Crippen LogP contribution >= 0.6 is 11.6 Å². The summed E-state index contributed by atoms with van der Waals surface area (Å²) in [6.45, 7) is 2.56. The van der Waals surface area contributed by atoms with Gasteiger partial charge in [0, 0.05) is 12.1 Å². The Morgan fingerprint density at radius 2 is 1.86 bits per heavy atom. The van der Waals surface area contributed by atoms with Crippen LogP contribution in [0.3, 0.4) is 0 Å². The fourth-order valence-corrected chi connectivity index (χ4v) is 6.65. The maximum Gasteiger partial charge on any atom is 0.257 e. The Labute approximate surface area is 171 Å². The molecule has 6 rings (SSSR count). The third-order valence-corrected chi connectivity index (χ3v) is 7.65. The molecule has 4 saturated carbocycles. The van der Waals surface area contributed by atoms with Crippen LogP contribution in [0, 0.1) is 30.1 Å². The number of halogens is 1. The van der Waals surface area contributed by atoms with E-state index in [-0.39, 0.29) is 11.3 Å². The molecule has 4 aliphatic carbocycles. The molecule has 4 fully saturated rings. The first-order valence-corrected chi connectivity index (χ1v) is 10.9. The maximum absolute atomic E-state index is 13.2. The average molecular weight is 399 g/mol. The number of carbonyl (C=O) groups is 1. The Morgan fingerprint density at radius 1 is 1.18 bits per heavy atom. The molecule has 0 saturated heterocycles. The van der Waals surface area contributed by atoms with Gasteiger partial charge in [-0.3, -0.25) is 4.79 Å². The molecule has 4 nitrogen and oxygen atoms in total. The summed E-state index contributed by atoms with van der Waals surface area (Å²) in [5.74, 6) is 3.03. The summed E-state index contributed by atoms with van der Waals surface area (Å²) < 4.78 is 5.37. The molecule has 0 unspecified atom stereocenters. The fourth-order valence-electron chi connectivity index (χ4n) is 6.42. The number of hydrogen-bond donors (Lipinski definition) is 1. The van der Waals surface area contributed by atoms with Crippen molar-refractivity contribution in [1.29, 1.82) is 0 Å². The summed E-state index contributed by atoms with van der Waals surface area (Å²) in [6, 6.07) is 7.45. The molecule has 1 N–H and O–H groups in total. The number of amides is 1. The molecular formula is C23H27ClN2O2. The number of aromatic nitrogens is 1. The van der Waals surface area contributed by atoms with Crippen molar-refractivity contribution >= 4 is 17.5 Å². The molecular weight excluding hydrogens is 372 g/mol. The Balaban J connectivity index is 1.37. The van der Waals surface area contributed by atoms with Gasteiger partial charge in [0.2, 0.25) is 0 Å². The smallest absolute Gasteiger partial charge is 0.257 e. The van der Waals surface area contributed by atoms with E-state index < -0.39 is 0 Å². The van der Waals surface area contributed by atoms with E-state index in [1.807, 2.05) is 24.3 Å². The zero-order valence-corrected chi connectivity index (χ0v) is 17.1. The van der Waals surface area contributed by atoms with Gasteiger partial charge in [-0.05, 0) is 68.3 Å². The van der Waals surface area contributed by atoms with Gasteiger partial charge in [-0.2, -0.15) is 0 Å². The number of hydrogen-bond acceptors (Lipinski definition) is 3. The molecule has 0 aliphatic heterocycles. The van der Waals surface area contributed by atoms with Crippen molar-refractivity contribution in [3.8, 4) is 11.3 Å². The molecule has 1 aromatic heterocycles. The first-order chi connectivity index (χ1) is 13.5. The van der Waals surface area contributed by atoms with Crippen LogP contribution in [0.5, 0.6) is 0 Å². The molecule has 148 valence electrons. The molecule has 1 heterocycles. The molecule has 0 spiro atoms. The second kappa shape index (κ2) is 6.91. The summed E-state index contributed by atoms with van der Waals surface area (Å²) in [7, 11) is 0. The molecule has 4 bridgehead atoms. The minimum atomic E-state index is -0.0944.